The van der Waals surface area contributed by atoms with Crippen molar-refractivity contribution >= 4 is 15.9 Å². The zero-order valence-electron chi connectivity index (χ0n) is 16.9. The third kappa shape index (κ3) is 4.87. The Morgan fingerprint density at radius 2 is 1.80 bits per heavy atom. The average Bonchev–Trinajstić information content (AvgIpc) is 3.08. The Balaban J connectivity index is 1.66. The van der Waals surface area contributed by atoms with E-state index in [1.165, 1.54) is 19.2 Å². The minimum absolute atomic E-state index is 0.165. The third-order valence-corrected chi connectivity index (χ3v) is 6.07. The molecule has 30 heavy (non-hydrogen) atoms. The standard InChI is InChI=1S/C21H23N3O5S/c1-14-19(15(2)29-24-14)13-28-20-7-5-4-6-18(20)21(25)23-12-16-8-10-17(11-9-16)30(26,27)22-3/h4-11,22H,12-13H2,1-3H3,(H,23,25). The molecule has 0 saturated carbocycles. The van der Waals surface area contributed by atoms with Gasteiger partial charge in [-0.2, -0.15) is 0 Å². The quantitative estimate of drug-likeness (QED) is 0.570. The molecule has 0 unspecified atom stereocenters. The lowest BCUT2D eigenvalue weighted by atomic mass is 10.1. The van der Waals surface area contributed by atoms with Crippen LogP contribution in [0.1, 0.15) is 32.9 Å². The van der Waals surface area contributed by atoms with Crippen molar-refractivity contribution in [3.8, 4) is 5.75 Å². The lowest BCUT2D eigenvalue weighted by Gasteiger charge is -2.12. The molecule has 2 N–H and O–H groups in total. The van der Waals surface area contributed by atoms with Crippen molar-refractivity contribution in [3.63, 3.8) is 0 Å². The average molecular weight is 429 g/mol. The summed E-state index contributed by atoms with van der Waals surface area (Å²) in [5, 5.41) is 6.73. The molecule has 0 spiro atoms. The van der Waals surface area contributed by atoms with Crippen LogP contribution in [0, 0.1) is 13.8 Å². The van der Waals surface area contributed by atoms with Crippen LogP contribution in [0.5, 0.6) is 5.75 Å². The van der Waals surface area contributed by atoms with E-state index < -0.39 is 10.0 Å². The number of para-hydroxylation sites is 1. The summed E-state index contributed by atoms with van der Waals surface area (Å²) in [4.78, 5) is 12.8. The Bertz CT molecular complexity index is 1120. The minimum Gasteiger partial charge on any atom is -0.488 e. The van der Waals surface area contributed by atoms with E-state index in [-0.39, 0.29) is 24.0 Å². The number of ether oxygens (including phenoxy) is 1. The van der Waals surface area contributed by atoms with Gasteiger partial charge < -0.3 is 14.6 Å². The highest BCUT2D eigenvalue weighted by atomic mass is 32.2. The van der Waals surface area contributed by atoms with Crippen LogP contribution >= 0.6 is 0 Å². The van der Waals surface area contributed by atoms with E-state index in [0.29, 0.717) is 17.1 Å². The number of carbonyl (C=O) groups is 1. The Hall–Kier alpha value is -3.17. The number of rotatable bonds is 8. The smallest absolute Gasteiger partial charge is 0.255 e. The summed E-state index contributed by atoms with van der Waals surface area (Å²) >= 11 is 0. The van der Waals surface area contributed by atoms with E-state index in [0.717, 1.165) is 16.8 Å². The van der Waals surface area contributed by atoms with Gasteiger partial charge in [0.25, 0.3) is 5.91 Å². The largest absolute Gasteiger partial charge is 0.488 e. The lowest BCUT2D eigenvalue weighted by molar-refractivity contribution is 0.0946. The number of nitrogens with one attached hydrogen (secondary N) is 2. The molecule has 0 aliphatic rings. The van der Waals surface area contributed by atoms with E-state index >= 15 is 0 Å². The van der Waals surface area contributed by atoms with Crippen molar-refractivity contribution in [2.75, 3.05) is 7.05 Å². The number of amides is 1. The van der Waals surface area contributed by atoms with Crippen LogP contribution in [-0.2, 0) is 23.2 Å². The van der Waals surface area contributed by atoms with Gasteiger partial charge in [-0.15, -0.1) is 0 Å². The third-order valence-electron chi connectivity index (χ3n) is 4.64. The van der Waals surface area contributed by atoms with Gasteiger partial charge in [-0.1, -0.05) is 29.4 Å². The molecule has 2 aromatic carbocycles. The maximum absolute atomic E-state index is 12.7. The van der Waals surface area contributed by atoms with Crippen molar-refractivity contribution in [1.29, 1.82) is 0 Å². The molecule has 8 nitrogen and oxygen atoms in total. The molecule has 0 radical (unpaired) electrons. The number of aromatic nitrogens is 1. The van der Waals surface area contributed by atoms with Crippen molar-refractivity contribution < 1.29 is 22.5 Å². The molecule has 1 amide bonds. The zero-order chi connectivity index (χ0) is 21.7. The Kier molecular flexibility index (Phi) is 6.53. The first kappa shape index (κ1) is 21.5. The van der Waals surface area contributed by atoms with Gasteiger partial charge in [-0.05, 0) is 50.7 Å². The highest BCUT2D eigenvalue weighted by molar-refractivity contribution is 7.89. The monoisotopic (exact) mass is 429 g/mol. The van der Waals surface area contributed by atoms with Gasteiger partial charge in [0.05, 0.1) is 21.7 Å². The maximum Gasteiger partial charge on any atom is 0.255 e. The van der Waals surface area contributed by atoms with E-state index in [1.807, 2.05) is 13.8 Å². The number of nitrogens with zero attached hydrogens (tertiary/aromatic N) is 1. The summed E-state index contributed by atoms with van der Waals surface area (Å²) in [5.41, 5.74) is 2.77. The normalized spacial score (nSPS) is 11.3. The predicted octanol–water partition coefficient (Wildman–Crippen LogP) is 2.71. The Morgan fingerprint density at radius 3 is 2.43 bits per heavy atom. The topological polar surface area (TPSA) is 111 Å². The van der Waals surface area contributed by atoms with E-state index in [1.54, 1.807) is 36.4 Å². The number of carbonyl (C=O) groups excluding carboxylic acids is 1. The molecule has 9 heteroatoms. The zero-order valence-corrected chi connectivity index (χ0v) is 17.7. The molecular formula is C21H23N3O5S. The molecule has 1 aromatic heterocycles. The summed E-state index contributed by atoms with van der Waals surface area (Å²) in [6, 6.07) is 13.3. The molecule has 0 bridgehead atoms. The van der Waals surface area contributed by atoms with Gasteiger partial charge in [0.2, 0.25) is 10.0 Å². The molecule has 0 fully saturated rings. The molecule has 1 heterocycles. The Labute approximate surface area is 175 Å². The van der Waals surface area contributed by atoms with Gasteiger partial charge in [0.15, 0.2) is 0 Å². The molecular weight excluding hydrogens is 406 g/mol. The number of hydrogen-bond acceptors (Lipinski definition) is 6. The first-order chi connectivity index (χ1) is 14.3. The van der Waals surface area contributed by atoms with Crippen LogP contribution in [0.2, 0.25) is 0 Å². The molecule has 3 aromatic rings. The highest BCUT2D eigenvalue weighted by Gasteiger charge is 2.15. The molecule has 0 aliphatic heterocycles. The van der Waals surface area contributed by atoms with Crippen molar-refractivity contribution in [2.45, 2.75) is 31.9 Å². The lowest BCUT2D eigenvalue weighted by Crippen LogP contribution is -2.23. The van der Waals surface area contributed by atoms with Gasteiger partial charge in [-0.25, -0.2) is 13.1 Å². The van der Waals surface area contributed by atoms with Gasteiger partial charge in [-0.3, -0.25) is 4.79 Å². The highest BCUT2D eigenvalue weighted by Crippen LogP contribution is 2.21. The first-order valence-corrected chi connectivity index (χ1v) is 10.7. The molecule has 3 rings (SSSR count). The van der Waals surface area contributed by atoms with E-state index in [2.05, 4.69) is 15.2 Å². The fourth-order valence-electron chi connectivity index (χ4n) is 2.82. The van der Waals surface area contributed by atoms with Gasteiger partial charge >= 0.3 is 0 Å². The second-order valence-corrected chi connectivity index (χ2v) is 8.51. The summed E-state index contributed by atoms with van der Waals surface area (Å²) in [6.07, 6.45) is 0. The van der Waals surface area contributed by atoms with Gasteiger partial charge in [0, 0.05) is 6.54 Å². The molecule has 0 atom stereocenters. The van der Waals surface area contributed by atoms with Gasteiger partial charge in [0.1, 0.15) is 18.1 Å². The van der Waals surface area contributed by atoms with Crippen LogP contribution < -0.4 is 14.8 Å². The van der Waals surface area contributed by atoms with Crippen LogP contribution in [0.15, 0.2) is 57.9 Å². The Morgan fingerprint density at radius 1 is 1.10 bits per heavy atom. The fraction of sp³-hybridized carbons (Fsp3) is 0.238. The number of benzene rings is 2. The molecule has 158 valence electrons. The van der Waals surface area contributed by atoms with Crippen LogP contribution in [-0.4, -0.2) is 26.5 Å². The SMILES string of the molecule is CNS(=O)(=O)c1ccc(CNC(=O)c2ccccc2OCc2c(C)noc2C)cc1. The summed E-state index contributed by atoms with van der Waals surface area (Å²) in [6.45, 7) is 4.13. The summed E-state index contributed by atoms with van der Waals surface area (Å²) in [7, 11) is -2.14. The van der Waals surface area contributed by atoms with E-state index in [9.17, 15) is 13.2 Å². The van der Waals surface area contributed by atoms with Crippen LogP contribution in [0.3, 0.4) is 0 Å². The summed E-state index contributed by atoms with van der Waals surface area (Å²) < 4.78 is 36.8. The number of sulfonamides is 1. The van der Waals surface area contributed by atoms with Crippen molar-refractivity contribution in [1.82, 2.24) is 15.2 Å². The second kappa shape index (κ2) is 9.10. The second-order valence-electron chi connectivity index (χ2n) is 6.62. The minimum atomic E-state index is -3.49. The molecule has 0 saturated heterocycles. The van der Waals surface area contributed by atoms with E-state index in [4.69, 9.17) is 9.26 Å². The van der Waals surface area contributed by atoms with Crippen LogP contribution in [0.25, 0.3) is 0 Å². The van der Waals surface area contributed by atoms with Crippen molar-refractivity contribution in [3.05, 3.63) is 76.7 Å². The van der Waals surface area contributed by atoms with Crippen LogP contribution in [0.4, 0.5) is 0 Å². The molecule has 0 aliphatic carbocycles. The maximum atomic E-state index is 12.7. The first-order valence-electron chi connectivity index (χ1n) is 9.26. The number of hydrogen-bond donors (Lipinski definition) is 2. The number of aryl methyl sites for hydroxylation is 2. The summed E-state index contributed by atoms with van der Waals surface area (Å²) in [5.74, 6) is 0.833. The van der Waals surface area contributed by atoms with Crippen molar-refractivity contribution in [2.24, 2.45) is 0 Å². The fourth-order valence-corrected chi connectivity index (χ4v) is 3.55. The predicted molar refractivity (Wildman–Crippen MR) is 111 cm³/mol.